The van der Waals surface area contributed by atoms with Crippen molar-refractivity contribution in [1.29, 1.82) is 0 Å². The van der Waals surface area contributed by atoms with Gasteiger partial charge in [-0.15, -0.1) is 0 Å². The van der Waals surface area contributed by atoms with Crippen LogP contribution in [0.15, 0.2) is 0 Å². The van der Waals surface area contributed by atoms with Crippen LogP contribution < -0.4 is 0 Å². The normalized spacial score (nSPS) is 9.50. The largest absolute Gasteiger partial charge is 0.273 e. The Morgan fingerprint density at radius 2 is 1.39 bits per heavy atom. The summed E-state index contributed by atoms with van der Waals surface area (Å²) < 4.78 is 0. The average molecular weight is 259 g/mol. The molecule has 0 atom stereocenters. The van der Waals surface area contributed by atoms with E-state index < -0.39 is 0 Å². The van der Waals surface area contributed by atoms with Crippen LogP contribution in [0.1, 0.15) is 79.7 Å². The van der Waals surface area contributed by atoms with Gasteiger partial charge in [0.25, 0.3) is 0 Å². The summed E-state index contributed by atoms with van der Waals surface area (Å²) in [6.07, 6.45) is 21.8. The molecule has 0 spiro atoms. The van der Waals surface area contributed by atoms with Crippen LogP contribution in [-0.2, 0) is 4.79 Å². The fourth-order valence-electron chi connectivity index (χ4n) is 1.88. The Bertz CT molecular complexity index is 301. The third kappa shape index (κ3) is 8.71. The Labute approximate surface area is 121 Å². The number of hydrogen-bond acceptors (Lipinski definition) is 1. The van der Waals surface area contributed by atoms with E-state index in [4.69, 9.17) is 12.8 Å². The number of carbonyl (C=O) groups excluding carboxylic acids is 1. The number of unbranched alkanes of at least 4 members (excludes halogenated alkanes) is 8. The summed E-state index contributed by atoms with van der Waals surface area (Å²) in [5, 5.41) is 0. The molecular formula is C16H37NO. The van der Waals surface area contributed by atoms with Crippen molar-refractivity contribution in [3.63, 3.8) is 0 Å². The fraction of sp³-hybridized carbons (Fsp3) is 0.688. The molecule has 0 fully saturated rings. The second-order valence-electron chi connectivity index (χ2n) is 4.57. The molecule has 0 saturated heterocycles. The zero-order chi connectivity index (χ0) is 13.6. The molecule has 0 radical (unpaired) electrons. The van der Waals surface area contributed by atoms with Gasteiger partial charge in [0.05, 0.1) is 0 Å². The Morgan fingerprint density at radius 3 is 1.83 bits per heavy atom. The van der Waals surface area contributed by atoms with Gasteiger partial charge in [-0.3, -0.25) is 4.79 Å². The van der Waals surface area contributed by atoms with Crippen molar-refractivity contribution in [1.82, 2.24) is 4.90 Å². The molecule has 0 heterocycles. The van der Waals surface area contributed by atoms with Gasteiger partial charge in [-0.05, 0) is 6.42 Å². The zero-order valence-electron chi connectivity index (χ0n) is 11.6. The Kier molecular flexibility index (Phi) is 11.1. The molecule has 0 aromatic rings. The van der Waals surface area contributed by atoms with Crippen molar-refractivity contribution in [2.24, 2.45) is 0 Å². The Balaban J connectivity index is -0.0000000963. The fourth-order valence-corrected chi connectivity index (χ4v) is 1.88. The molecular weight excluding hydrogens is 222 g/mol. The van der Waals surface area contributed by atoms with Crippen LogP contribution in [0.2, 0.25) is 0 Å². The molecule has 0 bridgehead atoms. The first kappa shape index (κ1) is 16.6. The third-order valence-electron chi connectivity index (χ3n) is 3.00. The lowest BCUT2D eigenvalue weighted by Crippen LogP contribution is -2.20. The molecule has 0 aliphatic carbocycles. The van der Waals surface area contributed by atoms with Crippen LogP contribution in [-0.4, -0.2) is 10.8 Å². The molecule has 0 saturated carbocycles. The number of carbonyl (C=O) groups is 1. The second-order valence-corrected chi connectivity index (χ2v) is 4.57. The maximum Gasteiger partial charge on any atom is 0.246 e. The molecule has 0 rings (SSSR count). The molecule has 0 aliphatic rings. The van der Waals surface area contributed by atoms with Crippen LogP contribution in [0.3, 0.4) is 0 Å². The molecule has 0 N–H and O–H groups in total. The van der Waals surface area contributed by atoms with E-state index in [1.165, 1.54) is 44.9 Å². The van der Waals surface area contributed by atoms with Crippen molar-refractivity contribution < 1.29 is 13.4 Å². The van der Waals surface area contributed by atoms with E-state index in [-0.39, 0.29) is 14.5 Å². The van der Waals surface area contributed by atoms with Crippen molar-refractivity contribution in [3.8, 4) is 24.9 Å². The Hall–Kier alpha value is -1.41. The van der Waals surface area contributed by atoms with Gasteiger partial charge in [-0.25, -0.2) is 0 Å². The SMILES string of the molecule is C#CN(C#C)C(=O)CCCCCCCCCCC.[HH].[HH].[HH].[HH].[HH].[HH]. The van der Waals surface area contributed by atoms with Gasteiger partial charge in [0.15, 0.2) is 0 Å². The smallest absolute Gasteiger partial charge is 0.246 e. The van der Waals surface area contributed by atoms with E-state index in [2.05, 4.69) is 19.0 Å². The van der Waals surface area contributed by atoms with Crippen molar-refractivity contribution >= 4 is 5.91 Å². The number of terminal acetylenes is 2. The van der Waals surface area contributed by atoms with Crippen LogP contribution in [0.5, 0.6) is 0 Å². The summed E-state index contributed by atoms with van der Waals surface area (Å²) in [7, 11) is 0. The molecule has 0 unspecified atom stereocenters. The Morgan fingerprint density at radius 1 is 0.944 bits per heavy atom. The van der Waals surface area contributed by atoms with E-state index >= 15 is 0 Å². The number of amides is 1. The van der Waals surface area contributed by atoms with Crippen molar-refractivity contribution in [2.45, 2.75) is 71.1 Å². The van der Waals surface area contributed by atoms with Gasteiger partial charge in [0, 0.05) is 27.1 Å². The highest BCUT2D eigenvalue weighted by molar-refractivity contribution is 5.79. The summed E-state index contributed by atoms with van der Waals surface area (Å²) in [4.78, 5) is 12.4. The molecule has 0 aromatic carbocycles. The minimum absolute atomic E-state index is 0. The van der Waals surface area contributed by atoms with E-state index in [1.807, 2.05) is 0 Å². The van der Waals surface area contributed by atoms with Crippen LogP contribution in [0.4, 0.5) is 0 Å². The second kappa shape index (κ2) is 12.1. The van der Waals surface area contributed by atoms with Gasteiger partial charge in [0.2, 0.25) is 5.91 Å². The summed E-state index contributed by atoms with van der Waals surface area (Å²) in [5.41, 5.74) is 0. The van der Waals surface area contributed by atoms with Crippen LogP contribution in [0.25, 0.3) is 0 Å². The standard InChI is InChI=1S/C16H25NO.6H2/c1-4-7-8-9-10-11-12-13-14-15-16(18)17(5-2)6-3;;;;;;/h2-3H,4,7-15H2,1H3;6*1H. The summed E-state index contributed by atoms with van der Waals surface area (Å²) in [6, 6.07) is 4.36. The topological polar surface area (TPSA) is 20.3 Å². The van der Waals surface area contributed by atoms with Gasteiger partial charge in [-0.1, -0.05) is 71.1 Å². The predicted molar refractivity (Wildman–Crippen MR) is 89.0 cm³/mol. The monoisotopic (exact) mass is 259 g/mol. The number of rotatable bonds is 10. The lowest BCUT2D eigenvalue weighted by atomic mass is 10.1. The van der Waals surface area contributed by atoms with E-state index in [9.17, 15) is 4.79 Å². The lowest BCUT2D eigenvalue weighted by molar-refractivity contribution is -0.125. The van der Waals surface area contributed by atoms with E-state index in [0.29, 0.717) is 6.42 Å². The summed E-state index contributed by atoms with van der Waals surface area (Å²) in [6.45, 7) is 2.23. The van der Waals surface area contributed by atoms with Gasteiger partial charge < -0.3 is 0 Å². The van der Waals surface area contributed by atoms with Gasteiger partial charge in [0.1, 0.15) is 0 Å². The number of nitrogens with zero attached hydrogens (tertiary/aromatic N) is 1. The third-order valence-corrected chi connectivity index (χ3v) is 3.00. The minimum Gasteiger partial charge on any atom is -0.273 e. The van der Waals surface area contributed by atoms with Gasteiger partial charge >= 0.3 is 0 Å². The minimum atomic E-state index is -0.136. The molecule has 1 amide bonds. The summed E-state index contributed by atoms with van der Waals surface area (Å²) in [5.74, 6) is -0.136. The van der Waals surface area contributed by atoms with Crippen LogP contribution in [0, 0.1) is 24.9 Å². The first-order valence-corrected chi connectivity index (χ1v) is 7.01. The van der Waals surface area contributed by atoms with Gasteiger partial charge in [-0.2, -0.15) is 4.90 Å². The first-order valence-electron chi connectivity index (χ1n) is 7.01. The van der Waals surface area contributed by atoms with Crippen LogP contribution >= 0.6 is 0 Å². The lowest BCUT2D eigenvalue weighted by Gasteiger charge is -2.06. The maximum absolute atomic E-state index is 11.5. The number of hydrogen-bond donors (Lipinski definition) is 0. The zero-order valence-corrected chi connectivity index (χ0v) is 11.6. The quantitative estimate of drug-likeness (QED) is 0.292. The van der Waals surface area contributed by atoms with E-state index in [0.717, 1.165) is 17.7 Å². The molecule has 0 aromatic heterocycles. The molecule has 0 aliphatic heterocycles. The average Bonchev–Trinajstić information content (AvgIpc) is 2.38. The first-order chi connectivity index (χ1) is 8.76. The molecule has 112 valence electrons. The molecule has 2 heteroatoms. The maximum atomic E-state index is 11.5. The molecule has 18 heavy (non-hydrogen) atoms. The molecule has 2 nitrogen and oxygen atoms in total. The summed E-state index contributed by atoms with van der Waals surface area (Å²) >= 11 is 0. The highest BCUT2D eigenvalue weighted by Gasteiger charge is 2.07. The highest BCUT2D eigenvalue weighted by atomic mass is 16.2. The predicted octanol–water partition coefficient (Wildman–Crippen LogP) is 5.39. The van der Waals surface area contributed by atoms with Crippen molar-refractivity contribution in [2.75, 3.05) is 0 Å². The highest BCUT2D eigenvalue weighted by Crippen LogP contribution is 2.10. The van der Waals surface area contributed by atoms with Crippen molar-refractivity contribution in [3.05, 3.63) is 0 Å². The van der Waals surface area contributed by atoms with E-state index in [1.54, 1.807) is 0 Å².